The van der Waals surface area contributed by atoms with Crippen LogP contribution in [-0.4, -0.2) is 49.6 Å². The Morgan fingerprint density at radius 3 is 2.84 bits per heavy atom. The van der Waals surface area contributed by atoms with Gasteiger partial charge in [-0.2, -0.15) is 0 Å². The van der Waals surface area contributed by atoms with Crippen LogP contribution in [0.4, 0.5) is 0 Å². The van der Waals surface area contributed by atoms with Crippen molar-refractivity contribution in [1.82, 2.24) is 10.2 Å². The summed E-state index contributed by atoms with van der Waals surface area (Å²) in [5.41, 5.74) is 0. The number of ether oxygens (including phenoxy) is 1. The van der Waals surface area contributed by atoms with Crippen molar-refractivity contribution in [2.75, 3.05) is 26.7 Å². The zero-order valence-corrected chi connectivity index (χ0v) is 12.1. The van der Waals surface area contributed by atoms with E-state index >= 15 is 0 Å². The van der Waals surface area contributed by atoms with Gasteiger partial charge in [-0.3, -0.25) is 14.5 Å². The Morgan fingerprint density at radius 2 is 2.16 bits per heavy atom. The van der Waals surface area contributed by atoms with Crippen LogP contribution in [0.25, 0.3) is 0 Å². The molecule has 110 valence electrons. The zero-order chi connectivity index (χ0) is 14.1. The lowest BCUT2D eigenvalue weighted by Gasteiger charge is -2.34. The Balaban J connectivity index is 2.38. The summed E-state index contributed by atoms with van der Waals surface area (Å²) in [5.74, 6) is -0.131. The molecule has 0 aromatic heterocycles. The van der Waals surface area contributed by atoms with Gasteiger partial charge in [-0.25, -0.2) is 0 Å². The first-order valence-corrected chi connectivity index (χ1v) is 7.25. The van der Waals surface area contributed by atoms with Crippen LogP contribution in [-0.2, 0) is 14.3 Å². The van der Waals surface area contributed by atoms with E-state index in [1.54, 1.807) is 0 Å². The maximum Gasteiger partial charge on any atom is 0.307 e. The Labute approximate surface area is 115 Å². The predicted molar refractivity (Wildman–Crippen MR) is 73.8 cm³/mol. The molecule has 0 aromatic carbocycles. The number of hydrogen-bond donors (Lipinski definition) is 1. The first kappa shape index (κ1) is 16.0. The van der Waals surface area contributed by atoms with Crippen molar-refractivity contribution in [3.63, 3.8) is 0 Å². The van der Waals surface area contributed by atoms with E-state index < -0.39 is 0 Å². The number of methoxy groups -OCH3 is 1. The molecule has 5 heteroatoms. The molecule has 1 heterocycles. The van der Waals surface area contributed by atoms with Gasteiger partial charge in [0.2, 0.25) is 5.91 Å². The van der Waals surface area contributed by atoms with E-state index in [9.17, 15) is 9.59 Å². The molecule has 0 aromatic rings. The van der Waals surface area contributed by atoms with E-state index in [0.29, 0.717) is 13.0 Å². The van der Waals surface area contributed by atoms with Crippen molar-refractivity contribution in [2.24, 2.45) is 0 Å². The Bertz CT molecular complexity index is 294. The summed E-state index contributed by atoms with van der Waals surface area (Å²) in [6.45, 7) is 4.13. The summed E-state index contributed by atoms with van der Waals surface area (Å²) in [6, 6.07) is 0.151. The van der Waals surface area contributed by atoms with Gasteiger partial charge in [-0.15, -0.1) is 0 Å². The monoisotopic (exact) mass is 270 g/mol. The van der Waals surface area contributed by atoms with Crippen molar-refractivity contribution >= 4 is 11.9 Å². The van der Waals surface area contributed by atoms with Crippen LogP contribution in [0, 0.1) is 0 Å². The highest BCUT2D eigenvalue weighted by atomic mass is 16.5. The van der Waals surface area contributed by atoms with Crippen LogP contribution in [0.1, 0.15) is 45.4 Å². The average Bonchev–Trinajstić information content (AvgIpc) is 2.41. The molecule has 1 rings (SSSR count). The number of amides is 1. The van der Waals surface area contributed by atoms with Gasteiger partial charge < -0.3 is 10.1 Å². The SMILES string of the molecule is CCCCNC(=O)CN1CCCCC1CC(=O)OC. The van der Waals surface area contributed by atoms with E-state index in [2.05, 4.69) is 17.1 Å². The van der Waals surface area contributed by atoms with Gasteiger partial charge in [0, 0.05) is 12.6 Å². The molecule has 1 unspecified atom stereocenters. The highest BCUT2D eigenvalue weighted by Crippen LogP contribution is 2.19. The topological polar surface area (TPSA) is 58.6 Å². The fourth-order valence-corrected chi connectivity index (χ4v) is 2.42. The number of hydrogen-bond acceptors (Lipinski definition) is 4. The van der Waals surface area contributed by atoms with Gasteiger partial charge in [0.15, 0.2) is 0 Å². The van der Waals surface area contributed by atoms with Gasteiger partial charge in [0.25, 0.3) is 0 Å². The van der Waals surface area contributed by atoms with Crippen molar-refractivity contribution < 1.29 is 14.3 Å². The second-order valence-electron chi connectivity index (χ2n) is 5.10. The number of carbonyl (C=O) groups excluding carboxylic acids is 2. The molecule has 5 nitrogen and oxygen atoms in total. The molecular formula is C14H26N2O3. The second kappa shape index (κ2) is 8.91. The highest BCUT2D eigenvalue weighted by Gasteiger charge is 2.26. The first-order chi connectivity index (χ1) is 9.17. The molecule has 0 aliphatic carbocycles. The minimum absolute atomic E-state index is 0.0604. The van der Waals surface area contributed by atoms with Crippen LogP contribution in [0.5, 0.6) is 0 Å². The molecule has 19 heavy (non-hydrogen) atoms. The van der Waals surface area contributed by atoms with Crippen LogP contribution >= 0.6 is 0 Å². The van der Waals surface area contributed by atoms with Crippen LogP contribution in [0.3, 0.4) is 0 Å². The number of unbranched alkanes of at least 4 members (excludes halogenated alkanes) is 1. The summed E-state index contributed by atoms with van der Waals surface area (Å²) in [6.07, 6.45) is 5.66. The number of piperidine rings is 1. The molecular weight excluding hydrogens is 244 g/mol. The number of esters is 1. The fraction of sp³-hybridized carbons (Fsp3) is 0.857. The summed E-state index contributed by atoms with van der Waals surface area (Å²) in [5, 5.41) is 2.92. The van der Waals surface area contributed by atoms with Crippen molar-refractivity contribution in [3.05, 3.63) is 0 Å². The molecule has 1 saturated heterocycles. The van der Waals surface area contributed by atoms with Crippen molar-refractivity contribution in [1.29, 1.82) is 0 Å². The summed E-state index contributed by atoms with van der Waals surface area (Å²) >= 11 is 0. The summed E-state index contributed by atoms with van der Waals surface area (Å²) < 4.78 is 4.72. The quantitative estimate of drug-likeness (QED) is 0.560. The van der Waals surface area contributed by atoms with Crippen LogP contribution < -0.4 is 5.32 Å². The first-order valence-electron chi connectivity index (χ1n) is 7.25. The zero-order valence-electron chi connectivity index (χ0n) is 12.1. The molecule has 1 aliphatic rings. The lowest BCUT2D eigenvalue weighted by atomic mass is 9.99. The summed E-state index contributed by atoms with van der Waals surface area (Å²) in [4.78, 5) is 25.3. The minimum Gasteiger partial charge on any atom is -0.469 e. The third-order valence-electron chi connectivity index (χ3n) is 3.58. The van der Waals surface area contributed by atoms with E-state index in [1.165, 1.54) is 7.11 Å². The maximum absolute atomic E-state index is 11.8. The van der Waals surface area contributed by atoms with Gasteiger partial charge >= 0.3 is 5.97 Å². The highest BCUT2D eigenvalue weighted by molar-refractivity contribution is 5.78. The second-order valence-corrected chi connectivity index (χ2v) is 5.10. The number of nitrogens with zero attached hydrogens (tertiary/aromatic N) is 1. The van der Waals surface area contributed by atoms with Crippen molar-refractivity contribution in [2.45, 2.75) is 51.5 Å². The molecule has 0 bridgehead atoms. The molecule has 1 fully saturated rings. The number of rotatable bonds is 7. The van der Waals surface area contributed by atoms with Crippen molar-refractivity contribution in [3.8, 4) is 0 Å². The average molecular weight is 270 g/mol. The lowest BCUT2D eigenvalue weighted by molar-refractivity contribution is -0.143. The third kappa shape index (κ3) is 6.05. The third-order valence-corrected chi connectivity index (χ3v) is 3.58. The molecule has 1 aliphatic heterocycles. The fourth-order valence-electron chi connectivity index (χ4n) is 2.42. The van der Waals surface area contributed by atoms with Gasteiger partial charge in [-0.05, 0) is 25.8 Å². The standard InChI is InChI=1S/C14H26N2O3/c1-3-4-8-15-13(17)11-16-9-6-5-7-12(16)10-14(18)19-2/h12H,3-11H2,1-2H3,(H,15,17). The Hall–Kier alpha value is -1.10. The van der Waals surface area contributed by atoms with Crippen LogP contribution in [0.2, 0.25) is 0 Å². The van der Waals surface area contributed by atoms with E-state index in [0.717, 1.165) is 45.2 Å². The number of carbonyl (C=O) groups is 2. The number of nitrogens with one attached hydrogen (secondary N) is 1. The number of likely N-dealkylation sites (tertiary alicyclic amines) is 1. The molecule has 1 atom stereocenters. The van der Waals surface area contributed by atoms with Gasteiger partial charge in [0.1, 0.15) is 0 Å². The minimum atomic E-state index is -0.191. The van der Waals surface area contributed by atoms with E-state index in [-0.39, 0.29) is 17.9 Å². The van der Waals surface area contributed by atoms with Gasteiger partial charge in [0.05, 0.1) is 20.1 Å². The maximum atomic E-state index is 11.8. The summed E-state index contributed by atoms with van der Waals surface area (Å²) in [7, 11) is 1.41. The van der Waals surface area contributed by atoms with E-state index in [4.69, 9.17) is 4.74 Å². The molecule has 1 N–H and O–H groups in total. The Kier molecular flexibility index (Phi) is 7.48. The largest absolute Gasteiger partial charge is 0.469 e. The lowest BCUT2D eigenvalue weighted by Crippen LogP contribution is -2.46. The smallest absolute Gasteiger partial charge is 0.307 e. The molecule has 0 spiro atoms. The van der Waals surface area contributed by atoms with E-state index in [1.807, 2.05) is 0 Å². The molecule has 0 radical (unpaired) electrons. The predicted octanol–water partition coefficient (Wildman–Crippen LogP) is 1.32. The molecule has 1 amide bonds. The van der Waals surface area contributed by atoms with Gasteiger partial charge in [-0.1, -0.05) is 19.8 Å². The Morgan fingerprint density at radius 1 is 1.37 bits per heavy atom. The van der Waals surface area contributed by atoms with Crippen LogP contribution in [0.15, 0.2) is 0 Å². The normalized spacial score (nSPS) is 20.0. The molecule has 0 saturated carbocycles.